The maximum absolute atomic E-state index is 13.1. The van der Waals surface area contributed by atoms with E-state index in [4.69, 9.17) is 11.6 Å². The van der Waals surface area contributed by atoms with Crippen molar-refractivity contribution in [3.05, 3.63) is 95.0 Å². The predicted molar refractivity (Wildman–Crippen MR) is 91.5 cm³/mol. The van der Waals surface area contributed by atoms with Gasteiger partial charge in [-0.3, -0.25) is 4.79 Å². The summed E-state index contributed by atoms with van der Waals surface area (Å²) >= 11 is 5.70. The number of benzene rings is 2. The first-order valence-electron chi connectivity index (χ1n) is 7.41. The number of rotatable bonds is 4. The molecule has 3 rings (SSSR count). The van der Waals surface area contributed by atoms with Crippen molar-refractivity contribution in [3.8, 4) is 0 Å². The van der Waals surface area contributed by atoms with Crippen molar-refractivity contribution in [1.82, 2.24) is 0 Å². The van der Waals surface area contributed by atoms with Gasteiger partial charge in [-0.05, 0) is 18.2 Å². The van der Waals surface area contributed by atoms with Crippen LogP contribution in [-0.2, 0) is 6.54 Å². The maximum Gasteiger partial charge on any atom is 0.255 e. The van der Waals surface area contributed by atoms with Gasteiger partial charge in [-0.25, -0.2) is 8.96 Å². The summed E-state index contributed by atoms with van der Waals surface area (Å²) in [6, 6.07) is 17.6. The SMILES string of the molecule is O=C(Nc1cc[n+](Cc2ccccc2)cc1)c1ccc(F)c(Cl)c1.[Br-]. The monoisotopic (exact) mass is 420 g/mol. The molecule has 0 fully saturated rings. The summed E-state index contributed by atoms with van der Waals surface area (Å²) in [5.41, 5.74) is 2.16. The molecule has 0 spiro atoms. The van der Waals surface area contributed by atoms with Gasteiger partial charge in [0.15, 0.2) is 18.9 Å². The summed E-state index contributed by atoms with van der Waals surface area (Å²) < 4.78 is 15.2. The molecule has 0 unspecified atom stereocenters. The second-order valence-electron chi connectivity index (χ2n) is 5.33. The Hall–Kier alpha value is -2.24. The van der Waals surface area contributed by atoms with Gasteiger partial charge < -0.3 is 22.3 Å². The van der Waals surface area contributed by atoms with Gasteiger partial charge in [-0.1, -0.05) is 41.9 Å². The Morgan fingerprint density at radius 1 is 1.04 bits per heavy atom. The Balaban J connectivity index is 0.00000225. The number of pyridine rings is 1. The zero-order chi connectivity index (χ0) is 16.9. The molecule has 0 saturated heterocycles. The summed E-state index contributed by atoms with van der Waals surface area (Å²) in [6.45, 7) is 0.753. The van der Waals surface area contributed by atoms with E-state index in [9.17, 15) is 9.18 Å². The number of amides is 1. The van der Waals surface area contributed by atoms with E-state index in [1.807, 2.05) is 47.3 Å². The molecule has 0 aliphatic rings. The number of halogens is 3. The fraction of sp³-hybridized carbons (Fsp3) is 0.0526. The minimum absolute atomic E-state index is 0. The second-order valence-corrected chi connectivity index (χ2v) is 5.73. The topological polar surface area (TPSA) is 33.0 Å². The van der Waals surface area contributed by atoms with Crippen LogP contribution in [0.25, 0.3) is 0 Å². The van der Waals surface area contributed by atoms with Crippen LogP contribution in [0.3, 0.4) is 0 Å². The van der Waals surface area contributed by atoms with Gasteiger partial charge >= 0.3 is 0 Å². The van der Waals surface area contributed by atoms with Crippen molar-refractivity contribution in [2.24, 2.45) is 0 Å². The largest absolute Gasteiger partial charge is 1.00 e. The van der Waals surface area contributed by atoms with Crippen LogP contribution in [0.5, 0.6) is 0 Å². The van der Waals surface area contributed by atoms with Gasteiger partial charge in [0.2, 0.25) is 0 Å². The number of nitrogens with zero attached hydrogens (tertiary/aromatic N) is 1. The van der Waals surface area contributed by atoms with Crippen LogP contribution >= 0.6 is 11.6 Å². The predicted octanol–water partition coefficient (Wildman–Crippen LogP) is 1.07. The van der Waals surface area contributed by atoms with Crippen molar-refractivity contribution >= 4 is 23.2 Å². The van der Waals surface area contributed by atoms with Crippen LogP contribution in [0.1, 0.15) is 15.9 Å². The first-order valence-corrected chi connectivity index (χ1v) is 7.79. The maximum atomic E-state index is 13.1. The first kappa shape index (κ1) is 19.1. The van der Waals surface area contributed by atoms with E-state index in [0.717, 1.165) is 6.54 Å². The number of nitrogens with one attached hydrogen (secondary N) is 1. The molecule has 0 radical (unpaired) electrons. The quantitative estimate of drug-likeness (QED) is 0.628. The first-order chi connectivity index (χ1) is 11.6. The minimum atomic E-state index is -0.546. The highest BCUT2D eigenvalue weighted by Crippen LogP contribution is 2.17. The van der Waals surface area contributed by atoms with Crippen LogP contribution in [0.2, 0.25) is 5.02 Å². The van der Waals surface area contributed by atoms with E-state index in [1.165, 1.54) is 23.8 Å². The third-order valence-corrected chi connectivity index (χ3v) is 3.83. The van der Waals surface area contributed by atoms with Crippen molar-refractivity contribution < 1.29 is 30.7 Å². The molecule has 0 aliphatic heterocycles. The Bertz CT molecular complexity index is 857. The molecular weight excluding hydrogens is 407 g/mol. The Morgan fingerprint density at radius 2 is 1.72 bits per heavy atom. The van der Waals surface area contributed by atoms with Crippen LogP contribution in [0.4, 0.5) is 10.1 Å². The molecule has 1 aromatic heterocycles. The number of aromatic nitrogens is 1. The van der Waals surface area contributed by atoms with E-state index < -0.39 is 5.82 Å². The van der Waals surface area contributed by atoms with Crippen LogP contribution < -0.4 is 26.9 Å². The van der Waals surface area contributed by atoms with Gasteiger partial charge in [0, 0.05) is 23.3 Å². The average molecular weight is 422 g/mol. The molecule has 0 atom stereocenters. The molecule has 0 saturated carbocycles. The summed E-state index contributed by atoms with van der Waals surface area (Å²) in [4.78, 5) is 12.2. The van der Waals surface area contributed by atoms with Crippen molar-refractivity contribution in [1.29, 1.82) is 0 Å². The Labute approximate surface area is 160 Å². The lowest BCUT2D eigenvalue weighted by Gasteiger charge is -2.05. The highest BCUT2D eigenvalue weighted by Gasteiger charge is 2.10. The van der Waals surface area contributed by atoms with Gasteiger partial charge in [-0.2, -0.15) is 0 Å². The van der Waals surface area contributed by atoms with E-state index >= 15 is 0 Å². The summed E-state index contributed by atoms with van der Waals surface area (Å²) in [7, 11) is 0. The van der Waals surface area contributed by atoms with Gasteiger partial charge in [0.25, 0.3) is 5.91 Å². The molecule has 1 N–H and O–H groups in total. The molecule has 25 heavy (non-hydrogen) atoms. The lowest BCUT2D eigenvalue weighted by molar-refractivity contribution is -0.688. The molecule has 1 amide bonds. The molecule has 1 heterocycles. The van der Waals surface area contributed by atoms with Crippen molar-refractivity contribution in [2.45, 2.75) is 6.54 Å². The lowest BCUT2D eigenvalue weighted by atomic mass is 10.2. The second kappa shape index (κ2) is 8.74. The fourth-order valence-corrected chi connectivity index (χ4v) is 2.46. The van der Waals surface area contributed by atoms with Gasteiger partial charge in [-0.15, -0.1) is 0 Å². The number of carbonyl (C=O) groups excluding carboxylic acids is 1. The fourth-order valence-electron chi connectivity index (χ4n) is 2.28. The van der Waals surface area contributed by atoms with E-state index in [2.05, 4.69) is 17.4 Å². The lowest BCUT2D eigenvalue weighted by Crippen LogP contribution is -3.00. The Morgan fingerprint density at radius 3 is 2.36 bits per heavy atom. The van der Waals surface area contributed by atoms with Crippen molar-refractivity contribution in [2.75, 3.05) is 5.32 Å². The third kappa shape index (κ3) is 5.11. The smallest absolute Gasteiger partial charge is 0.255 e. The van der Waals surface area contributed by atoms with Crippen LogP contribution in [-0.4, -0.2) is 5.91 Å². The Kier molecular flexibility index (Phi) is 6.67. The number of hydrogen-bond donors (Lipinski definition) is 1. The molecule has 3 nitrogen and oxygen atoms in total. The van der Waals surface area contributed by atoms with Crippen LogP contribution in [0.15, 0.2) is 73.1 Å². The molecule has 128 valence electrons. The van der Waals surface area contributed by atoms with E-state index in [1.54, 1.807) is 0 Å². The van der Waals surface area contributed by atoms with Crippen LogP contribution in [0, 0.1) is 5.82 Å². The van der Waals surface area contributed by atoms with Gasteiger partial charge in [0.1, 0.15) is 5.82 Å². The number of anilines is 1. The minimum Gasteiger partial charge on any atom is -1.00 e. The molecule has 6 heteroatoms. The highest BCUT2D eigenvalue weighted by molar-refractivity contribution is 6.31. The zero-order valence-electron chi connectivity index (χ0n) is 13.1. The molecule has 2 aromatic carbocycles. The number of carbonyl (C=O) groups is 1. The third-order valence-electron chi connectivity index (χ3n) is 3.54. The highest BCUT2D eigenvalue weighted by atomic mass is 79.9. The summed E-state index contributed by atoms with van der Waals surface area (Å²) in [6.07, 6.45) is 3.78. The normalized spacial score (nSPS) is 10.0. The van der Waals surface area contributed by atoms with Crippen molar-refractivity contribution in [3.63, 3.8) is 0 Å². The standard InChI is InChI=1S/C19H14ClFN2O.BrH/c20-17-12-15(6-7-18(17)21)19(24)22-16-8-10-23(11-9-16)13-14-4-2-1-3-5-14;/h1-12H,13H2;1H. The van der Waals surface area contributed by atoms with Gasteiger partial charge in [0.05, 0.1) is 10.7 Å². The van der Waals surface area contributed by atoms with E-state index in [0.29, 0.717) is 11.3 Å². The molecule has 3 aromatic rings. The molecule has 0 bridgehead atoms. The summed E-state index contributed by atoms with van der Waals surface area (Å²) in [5.74, 6) is -0.882. The average Bonchev–Trinajstić information content (AvgIpc) is 2.60. The summed E-state index contributed by atoms with van der Waals surface area (Å²) in [5, 5.41) is 2.69. The number of hydrogen-bond acceptors (Lipinski definition) is 1. The molecule has 0 aliphatic carbocycles. The zero-order valence-corrected chi connectivity index (χ0v) is 15.5. The molecular formula is C19H15BrClFN2O. The van der Waals surface area contributed by atoms with E-state index in [-0.39, 0.29) is 27.9 Å².